The molecule has 5 heterocycles. The predicted octanol–water partition coefficient (Wildman–Crippen LogP) is 4.54. The monoisotopic (exact) mass is 570 g/mol. The molecule has 0 fully saturated rings. The van der Waals surface area contributed by atoms with E-state index in [1.807, 2.05) is 13.0 Å². The molecule has 8 heteroatoms. The van der Waals surface area contributed by atoms with Crippen molar-refractivity contribution >= 4 is 24.1 Å². The maximum Gasteiger partial charge on any atom is 0.303 e. The Balaban J connectivity index is 1.82. The summed E-state index contributed by atoms with van der Waals surface area (Å²) < 4.78 is 0. The van der Waals surface area contributed by atoms with Crippen molar-refractivity contribution in [3.05, 3.63) is 89.4 Å². The molecule has 0 saturated carbocycles. The Morgan fingerprint density at radius 3 is 1.71 bits per heavy atom. The topological polar surface area (TPSA) is 138 Å². The van der Waals surface area contributed by atoms with E-state index in [-0.39, 0.29) is 12.8 Å². The normalized spacial score (nSPS) is 14.3. The van der Waals surface area contributed by atoms with Crippen molar-refractivity contribution in [1.82, 2.24) is 19.9 Å². The van der Waals surface area contributed by atoms with E-state index < -0.39 is 11.9 Å². The van der Waals surface area contributed by atoms with Crippen molar-refractivity contribution in [1.29, 1.82) is 0 Å². The lowest BCUT2D eigenvalue weighted by molar-refractivity contribution is -0.138. The number of hydrogen-bond donors (Lipinski definition) is 6. The van der Waals surface area contributed by atoms with E-state index in [2.05, 4.69) is 60.6 Å². The molecule has 1 aliphatic rings. The Kier molecular flexibility index (Phi) is 8.08. The molecule has 0 aromatic carbocycles. The molecule has 5 rings (SSSR count). The summed E-state index contributed by atoms with van der Waals surface area (Å²) in [5.41, 5.74) is 15.8. The van der Waals surface area contributed by atoms with Gasteiger partial charge in [0.25, 0.3) is 0 Å². The second-order valence-electron chi connectivity index (χ2n) is 11.6. The molecule has 4 aromatic rings. The van der Waals surface area contributed by atoms with Crippen LogP contribution in [0.5, 0.6) is 0 Å². The van der Waals surface area contributed by atoms with E-state index in [1.54, 1.807) is 0 Å². The fourth-order valence-corrected chi connectivity index (χ4v) is 6.77. The number of aromatic amines is 4. The molecule has 8 nitrogen and oxygen atoms in total. The molecule has 42 heavy (non-hydrogen) atoms. The van der Waals surface area contributed by atoms with Crippen LogP contribution in [0.4, 0.5) is 0 Å². The summed E-state index contributed by atoms with van der Waals surface area (Å²) in [5, 5.41) is 20.8. The Labute approximate surface area is 246 Å². The lowest BCUT2D eigenvalue weighted by atomic mass is 9.99. The van der Waals surface area contributed by atoms with Crippen LogP contribution in [-0.4, -0.2) is 42.1 Å². The van der Waals surface area contributed by atoms with E-state index in [1.165, 1.54) is 39.3 Å². The highest BCUT2D eigenvalue weighted by molar-refractivity contribution is 5.69. The van der Waals surface area contributed by atoms with Crippen molar-refractivity contribution in [3.63, 3.8) is 0 Å². The summed E-state index contributed by atoms with van der Waals surface area (Å²) in [4.78, 5) is 37.9. The average Bonchev–Trinajstić information content (AvgIpc) is 3.59. The molecule has 0 unspecified atom stereocenters. The zero-order chi connectivity index (χ0) is 30.3. The van der Waals surface area contributed by atoms with Gasteiger partial charge in [-0.2, -0.15) is 0 Å². The van der Waals surface area contributed by atoms with Crippen LogP contribution in [-0.2, 0) is 48.1 Å². The lowest BCUT2D eigenvalue weighted by Gasteiger charge is -2.04. The predicted molar refractivity (Wildman–Crippen MR) is 165 cm³/mol. The summed E-state index contributed by atoms with van der Waals surface area (Å²) in [6.45, 7) is 12.9. The second-order valence-corrected chi connectivity index (χ2v) is 11.6. The van der Waals surface area contributed by atoms with Crippen LogP contribution >= 0.6 is 0 Å². The van der Waals surface area contributed by atoms with Gasteiger partial charge in [-0.25, -0.2) is 0 Å². The van der Waals surface area contributed by atoms with Gasteiger partial charge >= 0.3 is 11.9 Å². The highest BCUT2D eigenvalue weighted by atomic mass is 16.4. The number of carboxylic acids is 2. The number of nitrogens with one attached hydrogen (secondary N) is 4. The minimum absolute atomic E-state index is 0.0274. The van der Waals surface area contributed by atoms with E-state index in [4.69, 9.17) is 0 Å². The third-order valence-corrected chi connectivity index (χ3v) is 9.21. The van der Waals surface area contributed by atoms with Crippen LogP contribution in [0.25, 0.3) is 12.2 Å². The van der Waals surface area contributed by atoms with Gasteiger partial charge in [0.15, 0.2) is 0 Å². The van der Waals surface area contributed by atoms with Gasteiger partial charge in [-0.3, -0.25) is 9.59 Å². The fraction of sp³-hybridized carbons (Fsp3) is 0.412. The molecule has 8 bridgehead atoms. The summed E-state index contributed by atoms with van der Waals surface area (Å²) in [5.74, 6) is -1.67. The van der Waals surface area contributed by atoms with Crippen molar-refractivity contribution < 1.29 is 19.8 Å². The molecule has 1 aliphatic heterocycles. The molecule has 4 aromatic heterocycles. The summed E-state index contributed by atoms with van der Waals surface area (Å²) in [6, 6.07) is 0. The number of fused-ring (bicyclic) bond motifs is 8. The van der Waals surface area contributed by atoms with Gasteiger partial charge in [0.05, 0.1) is 0 Å². The number of hydrogen-bond acceptors (Lipinski definition) is 2. The quantitative estimate of drug-likeness (QED) is 0.163. The van der Waals surface area contributed by atoms with Crippen LogP contribution in [0.3, 0.4) is 0 Å². The third-order valence-electron chi connectivity index (χ3n) is 9.21. The molecule has 0 atom stereocenters. The summed E-state index contributed by atoms with van der Waals surface area (Å²) >= 11 is 0. The van der Waals surface area contributed by atoms with E-state index in [0.29, 0.717) is 19.3 Å². The molecule has 6 N–H and O–H groups in total. The maximum absolute atomic E-state index is 11.6. The Morgan fingerprint density at radius 2 is 1.10 bits per heavy atom. The van der Waals surface area contributed by atoms with E-state index in [0.717, 1.165) is 69.3 Å². The first-order valence-corrected chi connectivity index (χ1v) is 15.0. The molecular formula is C34H42N4O4. The number of carboxylic acid groups (broad SMARTS) is 2. The largest absolute Gasteiger partial charge is 0.481 e. The van der Waals surface area contributed by atoms with E-state index >= 15 is 0 Å². The van der Waals surface area contributed by atoms with Crippen molar-refractivity contribution in [2.24, 2.45) is 0 Å². The second kappa shape index (κ2) is 11.6. The number of aromatic nitrogens is 4. The molecule has 0 saturated heterocycles. The third kappa shape index (κ3) is 5.38. The Bertz CT molecular complexity index is 1810. The smallest absolute Gasteiger partial charge is 0.303 e. The van der Waals surface area contributed by atoms with Crippen molar-refractivity contribution in [2.45, 2.75) is 92.9 Å². The highest BCUT2D eigenvalue weighted by Gasteiger charge is 2.21. The Hall–Kier alpha value is -4.20. The summed E-state index contributed by atoms with van der Waals surface area (Å²) in [6.07, 6.45) is 8.36. The number of aliphatic carboxylic acids is 2. The van der Waals surface area contributed by atoms with Gasteiger partial charge < -0.3 is 30.1 Å². The SMILES string of the molecule is CCc1c2[nH]c(c1C)/C=c1\[nH]/c(c(CCC(=O)O)c1C)=C\c1[nH]c(c(C)c1CCC(=O)O)Cc1[nH]c(c(C)c1CC)C2. The number of carbonyl (C=O) groups is 2. The molecule has 0 radical (unpaired) electrons. The van der Waals surface area contributed by atoms with Crippen LogP contribution in [0.2, 0.25) is 0 Å². The minimum Gasteiger partial charge on any atom is -0.481 e. The molecule has 0 aliphatic carbocycles. The first kappa shape index (κ1) is 29.3. The van der Waals surface area contributed by atoms with Crippen LogP contribution in [0, 0.1) is 27.7 Å². The van der Waals surface area contributed by atoms with Crippen LogP contribution < -0.4 is 10.7 Å². The lowest BCUT2D eigenvalue weighted by Crippen LogP contribution is -2.14. The molecular weight excluding hydrogens is 528 g/mol. The van der Waals surface area contributed by atoms with Crippen molar-refractivity contribution in [3.8, 4) is 0 Å². The van der Waals surface area contributed by atoms with Gasteiger partial charge in [0, 0.05) is 70.5 Å². The summed E-state index contributed by atoms with van der Waals surface area (Å²) in [7, 11) is 0. The highest BCUT2D eigenvalue weighted by Crippen LogP contribution is 2.29. The average molecular weight is 571 g/mol. The number of rotatable bonds is 8. The van der Waals surface area contributed by atoms with Gasteiger partial charge in [-0.1, -0.05) is 13.8 Å². The van der Waals surface area contributed by atoms with Gasteiger partial charge in [-0.15, -0.1) is 0 Å². The molecule has 222 valence electrons. The van der Waals surface area contributed by atoms with Gasteiger partial charge in [0.2, 0.25) is 0 Å². The van der Waals surface area contributed by atoms with Crippen molar-refractivity contribution in [2.75, 3.05) is 0 Å². The zero-order valence-electron chi connectivity index (χ0n) is 25.5. The Morgan fingerprint density at radius 1 is 0.595 bits per heavy atom. The van der Waals surface area contributed by atoms with Gasteiger partial charge in [0.1, 0.15) is 0 Å². The van der Waals surface area contributed by atoms with Gasteiger partial charge in [-0.05, 0) is 110 Å². The fourth-order valence-electron chi connectivity index (χ4n) is 6.77. The molecule has 0 amide bonds. The first-order chi connectivity index (χ1) is 20.0. The van der Waals surface area contributed by atoms with Crippen LogP contribution in [0.1, 0.15) is 105 Å². The molecule has 0 spiro atoms. The maximum atomic E-state index is 11.6. The van der Waals surface area contributed by atoms with Crippen LogP contribution in [0.15, 0.2) is 0 Å². The standard InChI is InChI=1S/C34H42N4O4/c1-7-21-17(3)25-13-26-19(5)23(9-11-33(39)40)31(37-26)16-32-24(10-12-34(41)42)20(6)28(38-32)15-30-22(8-2)18(4)27(36-30)14-29(21)35-25/h13,16,35-38H,7-12,14-15H2,1-6H3,(H,39,40)(H,41,42)/b26-13-,31-16-. The zero-order valence-corrected chi connectivity index (χ0v) is 25.5. The van der Waals surface area contributed by atoms with E-state index in [9.17, 15) is 19.8 Å². The minimum atomic E-state index is -0.838. The first-order valence-electron chi connectivity index (χ1n) is 15.0. The number of H-pyrrole nitrogens is 4.